The first-order valence-electron chi connectivity index (χ1n) is 0.500. The van der Waals surface area contributed by atoms with Crippen molar-refractivity contribution in [3.8, 4) is 0 Å². The van der Waals surface area contributed by atoms with Crippen LogP contribution in [0.2, 0.25) is 0 Å². The van der Waals surface area contributed by atoms with Gasteiger partial charge in [0.15, 0.2) is 0 Å². The Bertz CT molecular complexity index is 4.00. The van der Waals surface area contributed by atoms with Gasteiger partial charge in [-0.25, -0.2) is 0 Å². The van der Waals surface area contributed by atoms with Gasteiger partial charge in [0.2, 0.25) is 0 Å². The van der Waals surface area contributed by atoms with Gasteiger partial charge in [-0.15, -0.1) is 61.1 Å². The van der Waals surface area contributed by atoms with E-state index in [9.17, 15) is 0 Å². The summed E-state index contributed by atoms with van der Waals surface area (Å²) < 4.78 is 0. The van der Waals surface area contributed by atoms with Gasteiger partial charge in [0.05, 0.1) is 0 Å². The highest BCUT2D eigenvalue weighted by Gasteiger charge is 0.601. The fourth-order valence-electron chi connectivity index (χ4n) is 0. The Hall–Kier alpha value is 1.20. The molecule has 0 rings (SSSR count). The van der Waals surface area contributed by atoms with E-state index in [-0.39, 0.29) is 48.0 Å². The molecule has 0 aromatic carbocycles. The van der Waals surface area contributed by atoms with E-state index in [1.54, 1.807) is 0 Å². The van der Waals surface area contributed by atoms with E-state index in [0.717, 1.165) is 0 Å². The van der Waals surface area contributed by atoms with E-state index in [2.05, 4.69) is 13.2 Å². The van der Waals surface area contributed by atoms with Gasteiger partial charge in [0, 0.05) is 0 Å². The van der Waals surface area contributed by atoms with Crippen molar-refractivity contribution >= 4 is 48.0 Å². The third-order valence-corrected chi connectivity index (χ3v) is 0. The van der Waals surface area contributed by atoms with E-state index in [1.807, 2.05) is 0 Å². The molecule has 2 heteroatoms. The zero-order chi connectivity index (χ0) is 2.00. The zero-order valence-electron chi connectivity index (χ0n) is 2.23. The van der Waals surface area contributed by atoms with Crippen molar-refractivity contribution in [2.24, 2.45) is 0 Å². The van der Waals surface area contributed by atoms with E-state index in [0.29, 0.717) is 0 Å². The van der Waals surface area contributed by atoms with Crippen LogP contribution in [-0.4, -0.2) is 0 Å². The predicted molar refractivity (Wildman–Crippen MR) is 42.1 cm³/mol. The van der Waals surface area contributed by atoms with Gasteiger partial charge in [-0.2, -0.15) is 0 Å². The molecule has 0 aliphatic rings. The lowest BCUT2D eigenvalue weighted by atomic mass is 11.3. The van der Waals surface area contributed by atoms with Crippen molar-refractivity contribution in [2.75, 3.05) is 0 Å². The minimum absolute atomic E-state index is 0. The van der Waals surface area contributed by atoms with Gasteiger partial charge in [0.1, 0.15) is 0 Å². The van der Waals surface area contributed by atoms with Crippen LogP contribution in [0.3, 0.4) is 0 Å². The average Bonchev–Trinajstić information content (AvgIpc) is 1.00. The summed E-state index contributed by atoms with van der Waals surface area (Å²) in [6.07, 6.45) is 0. The molecule has 0 aliphatic heterocycles. The third kappa shape index (κ3) is 10.8. The van der Waals surface area contributed by atoms with Gasteiger partial charge >= 0.3 is 0 Å². The maximum absolute atomic E-state index is 3.00. The summed E-state index contributed by atoms with van der Waals surface area (Å²) in [7, 11) is 0. The summed E-state index contributed by atoms with van der Waals surface area (Å²) in [4.78, 5) is 0. The fraction of sp³-hybridized carbons (Fsp3) is 0. The average molecular weight is 284 g/mol. The first-order chi connectivity index (χ1) is 1.00. The number of halogens is 2. The lowest BCUT2D eigenvalue weighted by Gasteiger charge is -0.813. The van der Waals surface area contributed by atoms with Crippen LogP contribution in [0.4, 0.5) is 0 Å². The van der Waals surface area contributed by atoms with E-state index >= 15 is 0 Å². The molecule has 0 bridgehead atoms. The second-order valence-electron chi connectivity index (χ2n) is 0. The number of rotatable bonds is 0. The molecule has 0 aromatic heterocycles. The van der Waals surface area contributed by atoms with Crippen molar-refractivity contribution < 1.29 is 0 Å². The van der Waals surface area contributed by atoms with Crippen LogP contribution in [0.5, 0.6) is 0 Å². The second kappa shape index (κ2) is 29.9. The Morgan fingerprint density at radius 1 is 0.750 bits per heavy atom. The molecule has 0 unspecified atom stereocenters. The Morgan fingerprint density at radius 3 is 0.750 bits per heavy atom. The lowest BCUT2D eigenvalue weighted by Crippen LogP contribution is -0.552. The van der Waals surface area contributed by atoms with Crippen LogP contribution in [0.25, 0.3) is 0 Å². The Balaban J connectivity index is -0.00000000500. The van der Waals surface area contributed by atoms with Crippen LogP contribution in [0, 0.1) is 0 Å². The largest absolute Gasteiger partial charge is 0.107 e. The van der Waals surface area contributed by atoms with Crippen LogP contribution < -0.4 is 0 Å². The predicted octanol–water partition coefficient (Wildman–Crippen LogP) is 2.04. The maximum atomic E-state index is 3.00. The van der Waals surface area contributed by atoms with E-state index in [4.69, 9.17) is 0 Å². The third-order valence-electron chi connectivity index (χ3n) is 0. The van der Waals surface area contributed by atoms with Crippen LogP contribution in [0.15, 0.2) is 13.2 Å². The molecule has 0 aliphatic carbocycles. The van der Waals surface area contributed by atoms with Crippen molar-refractivity contribution in [2.45, 2.75) is 0 Å². The van der Waals surface area contributed by atoms with Gasteiger partial charge in [-0.3, -0.25) is 0 Å². The highest BCUT2D eigenvalue weighted by atomic mass is 127. The molecule has 0 N–H and O–H groups in total. The summed E-state index contributed by atoms with van der Waals surface area (Å²) in [6.45, 7) is 6.00. The SMILES string of the molecule is C=C.I.I. The van der Waals surface area contributed by atoms with Gasteiger partial charge < -0.3 is 0 Å². The fourth-order valence-corrected chi connectivity index (χ4v) is 0. The summed E-state index contributed by atoms with van der Waals surface area (Å²) >= 11 is 0. The summed E-state index contributed by atoms with van der Waals surface area (Å²) in [5.41, 5.74) is 0. The van der Waals surface area contributed by atoms with E-state index < -0.39 is 0 Å². The summed E-state index contributed by atoms with van der Waals surface area (Å²) in [5.74, 6) is 0. The first kappa shape index (κ1) is 19.0. The monoisotopic (exact) mass is 284 g/mol. The minimum atomic E-state index is 0. The highest BCUT2D eigenvalue weighted by molar-refractivity contribution is 14.0. The molecule has 0 spiro atoms. The standard InChI is InChI=1S/C2H4.2HI/c1-2;;/h1-2H2;2*1H. The summed E-state index contributed by atoms with van der Waals surface area (Å²) in [5, 5.41) is 0. The van der Waals surface area contributed by atoms with Crippen molar-refractivity contribution in [3.05, 3.63) is 13.2 Å². The molecule has 0 atom stereocenters. The molecule has 4 heavy (non-hydrogen) atoms. The van der Waals surface area contributed by atoms with Crippen LogP contribution in [-0.2, 0) is 0 Å². The first-order valence-corrected chi connectivity index (χ1v) is 0.500. The molecule has 28 valence electrons. The number of hydrogen-bond donors (Lipinski definition) is 0. The highest BCUT2D eigenvalue weighted by Crippen LogP contribution is 0.887. The molecule has 0 saturated heterocycles. The van der Waals surface area contributed by atoms with Gasteiger partial charge in [-0.05, 0) is 0 Å². The molecular formula is C2H6I2. The molecule has 0 radical (unpaired) electrons. The molecule has 0 fully saturated rings. The van der Waals surface area contributed by atoms with Gasteiger partial charge in [-0.1, -0.05) is 0 Å². The van der Waals surface area contributed by atoms with Gasteiger partial charge in [0.25, 0.3) is 0 Å². The second-order valence-corrected chi connectivity index (χ2v) is 0. The lowest BCUT2D eigenvalue weighted by molar-refractivity contribution is 2.81. The zero-order valence-corrected chi connectivity index (χ0v) is 6.89. The quantitative estimate of drug-likeness (QED) is 0.471. The van der Waals surface area contributed by atoms with Crippen LogP contribution >= 0.6 is 48.0 Å². The molecule has 0 nitrogen and oxygen atoms in total. The minimum Gasteiger partial charge on any atom is -0.107 e. The Morgan fingerprint density at radius 2 is 0.750 bits per heavy atom. The Labute approximate surface area is 60.7 Å². The Kier molecular flexibility index (Phi) is 142. The van der Waals surface area contributed by atoms with Crippen molar-refractivity contribution in [1.82, 2.24) is 0 Å². The molecular weight excluding hydrogens is 278 g/mol. The summed E-state index contributed by atoms with van der Waals surface area (Å²) in [6, 6.07) is 0. The normalized spacial score (nSPS) is 1.00. The van der Waals surface area contributed by atoms with Crippen molar-refractivity contribution in [1.29, 1.82) is 0 Å². The molecule has 0 heterocycles. The van der Waals surface area contributed by atoms with Crippen LogP contribution in [0.1, 0.15) is 0 Å². The molecule has 0 aromatic rings. The molecule has 0 amide bonds. The van der Waals surface area contributed by atoms with Crippen molar-refractivity contribution in [3.63, 3.8) is 0 Å². The van der Waals surface area contributed by atoms with E-state index in [1.165, 1.54) is 0 Å². The topological polar surface area (TPSA) is 0 Å². The maximum Gasteiger partial charge on any atom is -0.106 e. The molecule has 0 saturated carbocycles. The smallest absolute Gasteiger partial charge is 0.106 e. The number of hydrogen-bond acceptors (Lipinski definition) is 0.